The van der Waals surface area contributed by atoms with Crippen molar-refractivity contribution < 1.29 is 14.4 Å². The van der Waals surface area contributed by atoms with Crippen LogP contribution in [-0.4, -0.2) is 29.2 Å². The molecule has 1 fully saturated rings. The SMILES string of the molecule is O=C(CCCCCN1C(=O)[C@@H]2[C@@H](C1=O)C1(Cl)c3ccccc3C2(Cl)c2ccccc21)Nc1ccc(I)cc1. The van der Waals surface area contributed by atoms with Crippen LogP contribution in [0.2, 0.25) is 0 Å². The number of carbonyl (C=O) groups excluding carboxylic acids is 3. The van der Waals surface area contributed by atoms with Crippen LogP contribution in [-0.2, 0) is 24.1 Å². The molecule has 3 amide bonds. The number of halogens is 3. The highest BCUT2D eigenvalue weighted by molar-refractivity contribution is 14.1. The van der Waals surface area contributed by atoms with E-state index in [0.29, 0.717) is 25.7 Å². The lowest BCUT2D eigenvalue weighted by Crippen LogP contribution is -2.57. The number of hydrogen-bond donors (Lipinski definition) is 1. The van der Waals surface area contributed by atoms with E-state index in [1.54, 1.807) is 0 Å². The average Bonchev–Trinajstić information content (AvgIpc) is 3.19. The lowest BCUT2D eigenvalue weighted by atomic mass is 9.54. The number of carbonyl (C=O) groups is 3. The van der Waals surface area contributed by atoms with Crippen LogP contribution >= 0.6 is 45.8 Å². The Kier molecular flexibility index (Phi) is 6.56. The molecule has 1 heterocycles. The highest BCUT2D eigenvalue weighted by atomic mass is 127. The summed E-state index contributed by atoms with van der Waals surface area (Å²) in [5, 5.41) is 2.90. The highest BCUT2D eigenvalue weighted by Gasteiger charge is 2.72. The number of benzene rings is 3. The van der Waals surface area contributed by atoms with Crippen molar-refractivity contribution in [3.05, 3.63) is 98.6 Å². The molecule has 2 atom stereocenters. The predicted octanol–water partition coefficient (Wildman–Crippen LogP) is 6.38. The number of hydrogen-bond acceptors (Lipinski definition) is 3. The molecule has 1 saturated heterocycles. The first-order chi connectivity index (χ1) is 18.3. The van der Waals surface area contributed by atoms with E-state index in [2.05, 4.69) is 27.9 Å². The molecule has 4 aliphatic rings. The second kappa shape index (κ2) is 9.65. The van der Waals surface area contributed by atoms with Crippen molar-refractivity contribution in [2.75, 3.05) is 11.9 Å². The zero-order valence-electron chi connectivity index (χ0n) is 20.4. The molecule has 0 aromatic heterocycles. The van der Waals surface area contributed by atoms with Crippen molar-refractivity contribution in [1.82, 2.24) is 4.90 Å². The van der Waals surface area contributed by atoms with Crippen LogP contribution < -0.4 is 5.32 Å². The van der Waals surface area contributed by atoms with Crippen molar-refractivity contribution in [3.63, 3.8) is 0 Å². The summed E-state index contributed by atoms with van der Waals surface area (Å²) in [7, 11) is 0. The van der Waals surface area contributed by atoms with Gasteiger partial charge < -0.3 is 5.32 Å². The Morgan fingerprint density at radius 3 is 1.71 bits per heavy atom. The lowest BCUT2D eigenvalue weighted by Gasteiger charge is -2.54. The van der Waals surface area contributed by atoms with E-state index >= 15 is 0 Å². The van der Waals surface area contributed by atoms with Gasteiger partial charge in [0.2, 0.25) is 17.7 Å². The van der Waals surface area contributed by atoms with Gasteiger partial charge in [0, 0.05) is 22.2 Å². The van der Waals surface area contributed by atoms with Crippen LogP contribution in [0.5, 0.6) is 0 Å². The molecule has 38 heavy (non-hydrogen) atoms. The van der Waals surface area contributed by atoms with Crippen molar-refractivity contribution in [2.24, 2.45) is 11.8 Å². The summed E-state index contributed by atoms with van der Waals surface area (Å²) in [6.07, 6.45) is 2.36. The Morgan fingerprint density at radius 1 is 0.763 bits per heavy atom. The normalized spacial score (nSPS) is 26.7. The Balaban J connectivity index is 1.16. The topological polar surface area (TPSA) is 66.5 Å². The second-order valence-electron chi connectivity index (χ2n) is 10.2. The van der Waals surface area contributed by atoms with Crippen molar-refractivity contribution in [3.8, 4) is 0 Å². The van der Waals surface area contributed by atoms with E-state index in [-0.39, 0.29) is 24.3 Å². The number of amides is 3. The summed E-state index contributed by atoms with van der Waals surface area (Å²) < 4.78 is 1.10. The van der Waals surface area contributed by atoms with Gasteiger partial charge >= 0.3 is 0 Å². The van der Waals surface area contributed by atoms with E-state index in [0.717, 1.165) is 31.5 Å². The van der Waals surface area contributed by atoms with Crippen LogP contribution in [0.25, 0.3) is 0 Å². The standard InChI is InChI=1S/C30H25Cl2IN2O3/c31-29-20-8-3-4-9-21(20)30(32,23-11-6-5-10-22(23)29)26-25(29)27(37)35(28(26)38)17-7-1-2-12-24(36)34-19-15-13-18(33)14-16-19/h3-6,8-11,13-16,25-26H,1-2,7,12,17H2,(H,34,36)/t25-,26-,29?,30?/m0/s1. The van der Waals surface area contributed by atoms with Crippen LogP contribution in [0, 0.1) is 15.4 Å². The maximum Gasteiger partial charge on any atom is 0.235 e. The van der Waals surface area contributed by atoms with Crippen molar-refractivity contribution in [2.45, 2.75) is 35.4 Å². The Labute approximate surface area is 245 Å². The summed E-state index contributed by atoms with van der Waals surface area (Å²) in [6, 6.07) is 22.9. The van der Waals surface area contributed by atoms with Gasteiger partial charge in [-0.1, -0.05) is 55.0 Å². The first-order valence-corrected chi connectivity index (χ1v) is 14.6. The van der Waals surface area contributed by atoms with Gasteiger partial charge in [-0.15, -0.1) is 23.2 Å². The fraction of sp³-hybridized carbons (Fsp3) is 0.300. The predicted molar refractivity (Wildman–Crippen MR) is 156 cm³/mol. The quantitative estimate of drug-likeness (QED) is 0.139. The largest absolute Gasteiger partial charge is 0.326 e. The number of alkyl halides is 2. The van der Waals surface area contributed by atoms with Crippen LogP contribution in [0.1, 0.15) is 47.9 Å². The molecule has 3 aromatic carbocycles. The molecular weight excluding hydrogens is 634 g/mol. The fourth-order valence-electron chi connectivity index (χ4n) is 6.43. The van der Waals surface area contributed by atoms with E-state index < -0.39 is 21.6 Å². The van der Waals surface area contributed by atoms with Gasteiger partial charge in [-0.25, -0.2) is 0 Å². The van der Waals surface area contributed by atoms with Crippen molar-refractivity contribution >= 4 is 69.2 Å². The third-order valence-electron chi connectivity index (χ3n) is 8.09. The summed E-state index contributed by atoms with van der Waals surface area (Å²) in [5.74, 6) is -2.11. The second-order valence-corrected chi connectivity index (χ2v) is 12.6. The Hall–Kier alpha value is -2.42. The molecule has 194 valence electrons. The molecule has 8 heteroatoms. The lowest BCUT2D eigenvalue weighted by molar-refractivity contribution is -0.140. The molecule has 0 radical (unpaired) electrons. The number of imide groups is 1. The average molecular weight is 659 g/mol. The molecular formula is C30H25Cl2IN2O3. The minimum absolute atomic E-state index is 0.0502. The molecule has 0 saturated carbocycles. The molecule has 7 rings (SSSR count). The van der Waals surface area contributed by atoms with Gasteiger partial charge in [-0.3, -0.25) is 19.3 Å². The van der Waals surface area contributed by atoms with Gasteiger partial charge in [-0.05, 0) is 82.0 Å². The molecule has 3 aliphatic carbocycles. The monoisotopic (exact) mass is 658 g/mol. The van der Waals surface area contributed by atoms with E-state index in [4.69, 9.17) is 23.2 Å². The Morgan fingerprint density at radius 2 is 1.24 bits per heavy atom. The number of rotatable bonds is 7. The van der Waals surface area contributed by atoms with Gasteiger partial charge in [0.25, 0.3) is 0 Å². The van der Waals surface area contributed by atoms with E-state index in [9.17, 15) is 14.4 Å². The van der Waals surface area contributed by atoms with Gasteiger partial charge in [0.1, 0.15) is 9.75 Å². The van der Waals surface area contributed by atoms with Crippen LogP contribution in [0.4, 0.5) is 5.69 Å². The number of nitrogens with one attached hydrogen (secondary N) is 1. The first kappa shape index (κ1) is 25.8. The highest BCUT2D eigenvalue weighted by Crippen LogP contribution is 2.69. The molecule has 3 aromatic rings. The van der Waals surface area contributed by atoms with Gasteiger partial charge in [0.05, 0.1) is 11.8 Å². The number of likely N-dealkylation sites (tertiary alicyclic amines) is 1. The minimum atomic E-state index is -1.15. The van der Waals surface area contributed by atoms with E-state index in [1.807, 2.05) is 72.8 Å². The minimum Gasteiger partial charge on any atom is -0.326 e. The summed E-state index contributed by atoms with van der Waals surface area (Å²) >= 11 is 17.1. The zero-order valence-corrected chi connectivity index (χ0v) is 24.1. The smallest absolute Gasteiger partial charge is 0.235 e. The maximum absolute atomic E-state index is 13.8. The summed E-state index contributed by atoms with van der Waals surface area (Å²) in [4.78, 5) is 39.0. The third kappa shape index (κ3) is 3.74. The van der Waals surface area contributed by atoms with Gasteiger partial charge in [0.15, 0.2) is 0 Å². The molecule has 2 bridgehead atoms. The van der Waals surface area contributed by atoms with Crippen LogP contribution in [0.3, 0.4) is 0 Å². The van der Waals surface area contributed by atoms with E-state index in [1.165, 1.54) is 4.90 Å². The van der Waals surface area contributed by atoms with Crippen LogP contribution in [0.15, 0.2) is 72.8 Å². The third-order valence-corrected chi connectivity index (χ3v) is 10.1. The molecule has 5 nitrogen and oxygen atoms in total. The Bertz CT molecular complexity index is 1340. The fourth-order valence-corrected chi connectivity index (χ4v) is 7.89. The molecule has 1 aliphatic heterocycles. The summed E-state index contributed by atoms with van der Waals surface area (Å²) in [5.41, 5.74) is 3.99. The molecule has 0 unspecified atom stereocenters. The van der Waals surface area contributed by atoms with Gasteiger partial charge in [-0.2, -0.15) is 0 Å². The number of nitrogens with zero attached hydrogens (tertiary/aromatic N) is 1. The first-order valence-electron chi connectivity index (χ1n) is 12.8. The number of anilines is 1. The zero-order chi connectivity index (χ0) is 26.7. The maximum atomic E-state index is 13.8. The summed E-state index contributed by atoms with van der Waals surface area (Å²) in [6.45, 7) is 0.288. The molecule has 0 spiro atoms. The van der Waals surface area contributed by atoms with Crippen molar-refractivity contribution in [1.29, 1.82) is 0 Å². The number of unbranched alkanes of at least 4 members (excludes halogenated alkanes) is 2. The molecule has 1 N–H and O–H groups in total.